The van der Waals surface area contributed by atoms with Crippen LogP contribution in [0.2, 0.25) is 0 Å². The Morgan fingerprint density at radius 2 is 1.64 bits per heavy atom. The summed E-state index contributed by atoms with van der Waals surface area (Å²) in [6, 6.07) is 19.4. The molecule has 0 fully saturated rings. The van der Waals surface area contributed by atoms with Crippen molar-refractivity contribution in [3.05, 3.63) is 77.9 Å². The molecule has 0 saturated carbocycles. The minimum atomic E-state index is -3.73. The van der Waals surface area contributed by atoms with Crippen LogP contribution in [-0.4, -0.2) is 14.2 Å². The first kappa shape index (κ1) is 17.3. The number of ketones is 1. The van der Waals surface area contributed by atoms with Crippen LogP contribution < -0.4 is 4.72 Å². The number of nitrogens with one attached hydrogen (secondary N) is 1. The summed E-state index contributed by atoms with van der Waals surface area (Å²) in [6.07, 6.45) is 0. The third-order valence-electron chi connectivity index (χ3n) is 4.17. The molecule has 0 bridgehead atoms. The van der Waals surface area contributed by atoms with Crippen LogP contribution >= 0.6 is 0 Å². The zero-order valence-corrected chi connectivity index (χ0v) is 14.9. The van der Waals surface area contributed by atoms with E-state index in [1.807, 2.05) is 49.4 Å². The number of sulfonamides is 1. The van der Waals surface area contributed by atoms with Crippen molar-refractivity contribution in [1.29, 1.82) is 0 Å². The summed E-state index contributed by atoms with van der Waals surface area (Å²) in [5.74, 6) is -0.167. The molecular weight excluding hydrogens is 334 g/mol. The van der Waals surface area contributed by atoms with Crippen LogP contribution in [0.5, 0.6) is 0 Å². The predicted octanol–water partition coefficient (Wildman–Crippen LogP) is 4.08. The van der Waals surface area contributed by atoms with Gasteiger partial charge in [-0.15, -0.1) is 0 Å². The third kappa shape index (κ3) is 3.62. The van der Waals surface area contributed by atoms with Crippen LogP contribution in [0.25, 0.3) is 10.8 Å². The van der Waals surface area contributed by atoms with Crippen molar-refractivity contribution in [3.8, 4) is 0 Å². The highest BCUT2D eigenvalue weighted by Crippen LogP contribution is 2.25. The quantitative estimate of drug-likeness (QED) is 0.703. The number of fused-ring (bicyclic) bond motifs is 1. The number of hydrogen-bond acceptors (Lipinski definition) is 3. The molecule has 0 aliphatic carbocycles. The van der Waals surface area contributed by atoms with Crippen molar-refractivity contribution in [2.24, 2.45) is 0 Å². The molecule has 0 radical (unpaired) electrons. The van der Waals surface area contributed by atoms with Gasteiger partial charge in [-0.3, -0.25) is 4.79 Å². The van der Waals surface area contributed by atoms with E-state index in [2.05, 4.69) is 4.72 Å². The number of benzene rings is 3. The third-order valence-corrected chi connectivity index (χ3v) is 5.71. The number of hydrogen-bond donors (Lipinski definition) is 1. The van der Waals surface area contributed by atoms with Crippen LogP contribution in [-0.2, 0) is 10.0 Å². The Hall–Kier alpha value is -2.50. The molecule has 0 spiro atoms. The normalized spacial score (nSPS) is 12.9. The molecule has 3 aromatic carbocycles. The first-order valence-electron chi connectivity index (χ1n) is 7.99. The average Bonchev–Trinajstić information content (AvgIpc) is 2.61. The number of Topliss-reactive ketones (excluding diaryl/α,β-unsaturated/α-hetero) is 1. The van der Waals surface area contributed by atoms with E-state index in [0.29, 0.717) is 5.56 Å². The molecule has 25 heavy (non-hydrogen) atoms. The highest BCUT2D eigenvalue weighted by Gasteiger charge is 2.20. The number of carbonyl (C=O) groups excluding carboxylic acids is 1. The Bertz CT molecular complexity index is 1040. The van der Waals surface area contributed by atoms with Gasteiger partial charge in [-0.05, 0) is 42.3 Å². The van der Waals surface area contributed by atoms with Gasteiger partial charge in [0.15, 0.2) is 5.78 Å². The van der Waals surface area contributed by atoms with Gasteiger partial charge in [0.1, 0.15) is 0 Å². The highest BCUT2D eigenvalue weighted by atomic mass is 32.2. The van der Waals surface area contributed by atoms with Gasteiger partial charge in [0, 0.05) is 11.6 Å². The number of rotatable bonds is 5. The van der Waals surface area contributed by atoms with Crippen molar-refractivity contribution in [2.45, 2.75) is 24.8 Å². The first-order valence-corrected chi connectivity index (χ1v) is 9.48. The lowest BCUT2D eigenvalue weighted by Crippen LogP contribution is -2.27. The highest BCUT2D eigenvalue weighted by molar-refractivity contribution is 7.89. The molecule has 0 aliphatic rings. The summed E-state index contributed by atoms with van der Waals surface area (Å²) >= 11 is 0. The lowest BCUT2D eigenvalue weighted by atomic mass is 10.0. The molecule has 0 amide bonds. The van der Waals surface area contributed by atoms with Crippen LogP contribution in [0.1, 0.15) is 35.8 Å². The van der Waals surface area contributed by atoms with Gasteiger partial charge < -0.3 is 0 Å². The van der Waals surface area contributed by atoms with Crippen molar-refractivity contribution in [2.75, 3.05) is 0 Å². The molecule has 0 heterocycles. The van der Waals surface area contributed by atoms with Crippen LogP contribution in [0, 0.1) is 0 Å². The first-order chi connectivity index (χ1) is 11.9. The zero-order chi connectivity index (χ0) is 18.0. The fraction of sp³-hybridized carbons (Fsp3) is 0.150. The van der Waals surface area contributed by atoms with Crippen molar-refractivity contribution in [3.63, 3.8) is 0 Å². The van der Waals surface area contributed by atoms with E-state index in [0.717, 1.165) is 16.3 Å². The van der Waals surface area contributed by atoms with E-state index in [9.17, 15) is 13.2 Å². The van der Waals surface area contributed by atoms with Gasteiger partial charge in [-0.1, -0.05) is 54.6 Å². The van der Waals surface area contributed by atoms with Gasteiger partial charge in [0.05, 0.1) is 4.90 Å². The predicted molar refractivity (Wildman–Crippen MR) is 99.1 cm³/mol. The molecule has 0 aromatic heterocycles. The molecule has 1 atom stereocenters. The summed E-state index contributed by atoms with van der Waals surface area (Å²) in [5.41, 5.74) is 1.28. The van der Waals surface area contributed by atoms with Crippen molar-refractivity contribution >= 4 is 26.6 Å². The maximum atomic E-state index is 12.7. The fourth-order valence-electron chi connectivity index (χ4n) is 2.87. The smallest absolute Gasteiger partial charge is 0.241 e. The SMILES string of the molecule is CC(=O)c1cccc(S(=O)(=O)N[C@H](C)c2cccc3ccccc23)c1. The summed E-state index contributed by atoms with van der Waals surface area (Å²) in [4.78, 5) is 11.6. The Kier molecular flexibility index (Phi) is 4.70. The van der Waals surface area contributed by atoms with Crippen LogP contribution in [0.15, 0.2) is 71.6 Å². The molecule has 128 valence electrons. The van der Waals surface area contributed by atoms with E-state index < -0.39 is 16.1 Å². The maximum Gasteiger partial charge on any atom is 0.241 e. The van der Waals surface area contributed by atoms with Gasteiger partial charge >= 0.3 is 0 Å². The minimum absolute atomic E-state index is 0.0901. The molecule has 3 aromatic rings. The lowest BCUT2D eigenvalue weighted by Gasteiger charge is -2.17. The average molecular weight is 353 g/mol. The molecule has 1 N–H and O–H groups in total. The molecule has 3 rings (SSSR count). The number of carbonyl (C=O) groups is 1. The van der Waals surface area contributed by atoms with Gasteiger partial charge in [-0.2, -0.15) is 0 Å². The molecule has 0 saturated heterocycles. The van der Waals surface area contributed by atoms with Gasteiger partial charge in [-0.25, -0.2) is 13.1 Å². The van der Waals surface area contributed by atoms with Gasteiger partial charge in [0.25, 0.3) is 0 Å². The zero-order valence-electron chi connectivity index (χ0n) is 14.1. The minimum Gasteiger partial charge on any atom is -0.295 e. The van der Waals surface area contributed by atoms with Crippen molar-refractivity contribution < 1.29 is 13.2 Å². The fourth-order valence-corrected chi connectivity index (χ4v) is 4.14. The largest absolute Gasteiger partial charge is 0.295 e. The topological polar surface area (TPSA) is 63.2 Å². The summed E-state index contributed by atoms with van der Waals surface area (Å²) < 4.78 is 28.1. The van der Waals surface area contributed by atoms with E-state index in [-0.39, 0.29) is 10.7 Å². The van der Waals surface area contributed by atoms with Gasteiger partial charge in [0.2, 0.25) is 10.0 Å². The summed E-state index contributed by atoms with van der Waals surface area (Å²) in [5, 5.41) is 2.07. The van der Waals surface area contributed by atoms with Crippen molar-refractivity contribution in [1.82, 2.24) is 4.72 Å². The second-order valence-corrected chi connectivity index (χ2v) is 7.71. The molecule has 5 heteroatoms. The van der Waals surface area contributed by atoms with Crippen LogP contribution in [0.4, 0.5) is 0 Å². The molecule has 0 aliphatic heterocycles. The second-order valence-electron chi connectivity index (χ2n) is 6.00. The van der Waals surface area contributed by atoms with E-state index in [1.165, 1.54) is 19.1 Å². The second kappa shape index (κ2) is 6.78. The van der Waals surface area contributed by atoms with E-state index in [1.54, 1.807) is 12.1 Å². The van der Waals surface area contributed by atoms with E-state index >= 15 is 0 Å². The lowest BCUT2D eigenvalue weighted by molar-refractivity contribution is 0.101. The maximum absolute atomic E-state index is 12.7. The molecule has 0 unspecified atom stereocenters. The van der Waals surface area contributed by atoms with E-state index in [4.69, 9.17) is 0 Å². The Balaban J connectivity index is 1.95. The summed E-state index contributed by atoms with van der Waals surface area (Å²) in [6.45, 7) is 3.23. The monoisotopic (exact) mass is 353 g/mol. The molecular formula is C20H19NO3S. The Labute approximate surface area is 147 Å². The standard InChI is InChI=1S/C20H19NO3S/c1-14(19-12-6-8-16-7-3-4-11-20(16)19)21-25(23,24)18-10-5-9-17(13-18)15(2)22/h3-14,21H,1-2H3/t14-/m1/s1. The Morgan fingerprint density at radius 3 is 2.40 bits per heavy atom. The Morgan fingerprint density at radius 1 is 0.960 bits per heavy atom. The molecule has 4 nitrogen and oxygen atoms in total. The van der Waals surface area contributed by atoms with Crippen LogP contribution in [0.3, 0.4) is 0 Å². The summed E-state index contributed by atoms with van der Waals surface area (Å²) in [7, 11) is -3.73.